The van der Waals surface area contributed by atoms with Gasteiger partial charge in [0.05, 0.1) is 21.3 Å². The van der Waals surface area contributed by atoms with Crippen molar-refractivity contribution in [3.8, 4) is 17.2 Å². The number of rotatable bonds is 11. The summed E-state index contributed by atoms with van der Waals surface area (Å²) in [4.78, 5) is 17.6. The summed E-state index contributed by atoms with van der Waals surface area (Å²) in [7, 11) is 4.61. The van der Waals surface area contributed by atoms with Gasteiger partial charge in [-0.25, -0.2) is 0 Å². The van der Waals surface area contributed by atoms with Crippen LogP contribution in [0.2, 0.25) is 0 Å². The number of benzene rings is 3. The number of carbonyl (C=O) groups is 1. The molecule has 6 nitrogen and oxygen atoms in total. The molecule has 0 fully saturated rings. The number of methoxy groups -OCH3 is 3. The Morgan fingerprint density at radius 1 is 0.784 bits per heavy atom. The molecule has 0 saturated heterocycles. The van der Waals surface area contributed by atoms with Gasteiger partial charge in [-0.15, -0.1) is 0 Å². The molecule has 1 N–H and O–H groups in total. The molecule has 3 aromatic carbocycles. The molecule has 6 heteroatoms. The first kappa shape index (κ1) is 25.8. The lowest BCUT2D eigenvalue weighted by molar-refractivity contribution is 0.0944. The van der Waals surface area contributed by atoms with Gasteiger partial charge in [0.25, 0.3) is 5.91 Å². The lowest BCUT2D eigenvalue weighted by Gasteiger charge is -2.36. The van der Waals surface area contributed by atoms with E-state index in [9.17, 15) is 4.79 Å². The Kier molecular flexibility index (Phi) is 8.41. The van der Waals surface area contributed by atoms with Gasteiger partial charge >= 0.3 is 0 Å². The van der Waals surface area contributed by atoms with E-state index in [4.69, 9.17) is 14.2 Å². The van der Waals surface area contributed by atoms with Gasteiger partial charge in [0, 0.05) is 29.9 Å². The average molecular weight is 497 g/mol. The van der Waals surface area contributed by atoms with Crippen LogP contribution in [0, 0.1) is 0 Å². The Morgan fingerprint density at radius 2 is 1.32 bits per heavy atom. The molecule has 1 aromatic heterocycles. The highest BCUT2D eigenvalue weighted by Gasteiger charge is 2.34. The Bertz CT molecular complexity index is 1230. The van der Waals surface area contributed by atoms with Crippen molar-refractivity contribution in [2.24, 2.45) is 0 Å². The Labute approximate surface area is 218 Å². The van der Waals surface area contributed by atoms with E-state index in [2.05, 4.69) is 34.6 Å². The predicted octanol–water partition coefficient (Wildman–Crippen LogP) is 5.46. The third-order valence-corrected chi connectivity index (χ3v) is 6.72. The van der Waals surface area contributed by atoms with E-state index in [-0.39, 0.29) is 5.91 Å². The molecular formula is C31H32N2O4. The van der Waals surface area contributed by atoms with Crippen LogP contribution in [-0.2, 0) is 11.8 Å². The standard InChI is InChI=1S/C31H32N2O4/c1-35-27-20-24(21-28(36-2)29(27)37-3)30(34)33-22-31(25-10-6-4-7-11-25,26-12-8-5-9-13-26)17-14-23-15-18-32-19-16-23/h4-13,15-16,18-21H,14,17,22H2,1-3H3,(H,33,34). The lowest BCUT2D eigenvalue weighted by atomic mass is 9.70. The number of amides is 1. The van der Waals surface area contributed by atoms with Gasteiger partial charge in [-0.05, 0) is 53.8 Å². The largest absolute Gasteiger partial charge is 0.493 e. The topological polar surface area (TPSA) is 69.7 Å². The molecule has 0 aliphatic rings. The van der Waals surface area contributed by atoms with Gasteiger partial charge in [-0.2, -0.15) is 0 Å². The summed E-state index contributed by atoms with van der Waals surface area (Å²) >= 11 is 0. The van der Waals surface area contributed by atoms with Crippen molar-refractivity contribution in [2.45, 2.75) is 18.3 Å². The molecule has 0 unspecified atom stereocenters. The third-order valence-electron chi connectivity index (χ3n) is 6.72. The quantitative estimate of drug-likeness (QED) is 0.299. The van der Waals surface area contributed by atoms with Crippen molar-refractivity contribution in [2.75, 3.05) is 27.9 Å². The molecule has 0 atom stereocenters. The normalized spacial score (nSPS) is 11.0. The summed E-state index contributed by atoms with van der Waals surface area (Å²) in [6, 6.07) is 28.1. The first-order valence-electron chi connectivity index (χ1n) is 12.2. The van der Waals surface area contributed by atoms with Gasteiger partial charge in [0.1, 0.15) is 0 Å². The van der Waals surface area contributed by atoms with Crippen LogP contribution < -0.4 is 19.5 Å². The van der Waals surface area contributed by atoms with Crippen LogP contribution in [0.1, 0.15) is 33.5 Å². The van der Waals surface area contributed by atoms with Gasteiger partial charge in [-0.1, -0.05) is 60.7 Å². The molecule has 0 radical (unpaired) electrons. The summed E-state index contributed by atoms with van der Waals surface area (Å²) in [5.74, 6) is 1.09. The van der Waals surface area contributed by atoms with Crippen LogP contribution in [0.5, 0.6) is 17.2 Å². The summed E-state index contributed by atoms with van der Waals surface area (Å²) in [5, 5.41) is 3.21. The van der Waals surface area contributed by atoms with E-state index >= 15 is 0 Å². The van der Waals surface area contributed by atoms with Crippen LogP contribution in [0.25, 0.3) is 0 Å². The second kappa shape index (κ2) is 12.1. The van der Waals surface area contributed by atoms with Crippen molar-refractivity contribution < 1.29 is 19.0 Å². The maximum atomic E-state index is 13.5. The van der Waals surface area contributed by atoms with Crippen LogP contribution in [0.15, 0.2) is 97.3 Å². The number of nitrogens with zero attached hydrogens (tertiary/aromatic N) is 1. The molecule has 190 valence electrons. The van der Waals surface area contributed by atoms with Crippen molar-refractivity contribution in [1.29, 1.82) is 0 Å². The highest BCUT2D eigenvalue weighted by Crippen LogP contribution is 2.39. The second-order valence-electron chi connectivity index (χ2n) is 8.77. The number of carbonyl (C=O) groups excluding carboxylic acids is 1. The molecule has 4 rings (SSSR count). The minimum atomic E-state index is -0.456. The number of aromatic nitrogens is 1. The minimum Gasteiger partial charge on any atom is -0.493 e. The molecule has 0 bridgehead atoms. The fourth-order valence-electron chi connectivity index (χ4n) is 4.71. The Morgan fingerprint density at radius 3 is 1.81 bits per heavy atom. The number of aryl methyl sites for hydroxylation is 1. The zero-order chi connectivity index (χ0) is 26.1. The van der Waals surface area contributed by atoms with Gasteiger partial charge in [0.15, 0.2) is 11.5 Å². The zero-order valence-corrected chi connectivity index (χ0v) is 21.4. The molecule has 0 aliphatic carbocycles. The monoisotopic (exact) mass is 496 g/mol. The molecule has 0 saturated carbocycles. The molecule has 37 heavy (non-hydrogen) atoms. The highest BCUT2D eigenvalue weighted by atomic mass is 16.5. The van der Waals surface area contributed by atoms with Crippen molar-refractivity contribution in [3.05, 3.63) is 120 Å². The summed E-state index contributed by atoms with van der Waals surface area (Å²) in [5.41, 5.74) is 3.45. The van der Waals surface area contributed by atoms with Crippen LogP contribution in [-0.4, -0.2) is 38.8 Å². The molecule has 0 aliphatic heterocycles. The maximum absolute atomic E-state index is 13.5. The number of pyridine rings is 1. The molecule has 1 heterocycles. The zero-order valence-electron chi connectivity index (χ0n) is 21.4. The molecular weight excluding hydrogens is 464 g/mol. The van der Waals surface area contributed by atoms with E-state index in [1.165, 1.54) is 26.9 Å². The summed E-state index contributed by atoms with van der Waals surface area (Å²) in [6.45, 7) is 0.404. The SMILES string of the molecule is COc1cc(C(=O)NCC(CCc2ccncc2)(c2ccccc2)c2ccccc2)cc(OC)c1OC. The summed E-state index contributed by atoms with van der Waals surface area (Å²) in [6.07, 6.45) is 5.25. The first-order chi connectivity index (χ1) is 18.1. The molecule has 1 amide bonds. The molecule has 4 aromatic rings. The summed E-state index contributed by atoms with van der Waals surface area (Å²) < 4.78 is 16.3. The maximum Gasteiger partial charge on any atom is 0.251 e. The number of hydrogen-bond acceptors (Lipinski definition) is 5. The number of ether oxygens (including phenoxy) is 3. The Hall–Kier alpha value is -4.32. The van der Waals surface area contributed by atoms with Crippen LogP contribution in [0.4, 0.5) is 0 Å². The fraction of sp³-hybridized carbons (Fsp3) is 0.226. The van der Waals surface area contributed by atoms with Crippen LogP contribution in [0.3, 0.4) is 0 Å². The van der Waals surface area contributed by atoms with Gasteiger partial charge in [-0.3, -0.25) is 9.78 Å². The fourth-order valence-corrected chi connectivity index (χ4v) is 4.71. The van der Waals surface area contributed by atoms with Crippen molar-refractivity contribution >= 4 is 5.91 Å². The minimum absolute atomic E-state index is 0.223. The number of hydrogen-bond donors (Lipinski definition) is 1. The van der Waals surface area contributed by atoms with E-state index < -0.39 is 5.41 Å². The smallest absolute Gasteiger partial charge is 0.251 e. The second-order valence-corrected chi connectivity index (χ2v) is 8.77. The highest BCUT2D eigenvalue weighted by molar-refractivity contribution is 5.95. The Balaban J connectivity index is 1.71. The van der Waals surface area contributed by atoms with Gasteiger partial charge < -0.3 is 19.5 Å². The van der Waals surface area contributed by atoms with Gasteiger partial charge in [0.2, 0.25) is 5.75 Å². The third kappa shape index (κ3) is 5.75. The number of nitrogens with one attached hydrogen (secondary N) is 1. The van der Waals surface area contributed by atoms with E-state index in [0.29, 0.717) is 29.4 Å². The van der Waals surface area contributed by atoms with Crippen molar-refractivity contribution in [1.82, 2.24) is 10.3 Å². The van der Waals surface area contributed by atoms with Crippen molar-refractivity contribution in [3.63, 3.8) is 0 Å². The lowest BCUT2D eigenvalue weighted by Crippen LogP contribution is -2.42. The molecule has 0 spiro atoms. The predicted molar refractivity (Wildman–Crippen MR) is 145 cm³/mol. The van der Waals surface area contributed by atoms with E-state index in [1.807, 2.05) is 60.9 Å². The van der Waals surface area contributed by atoms with E-state index in [1.54, 1.807) is 12.1 Å². The van der Waals surface area contributed by atoms with E-state index in [0.717, 1.165) is 24.0 Å². The average Bonchev–Trinajstić information content (AvgIpc) is 2.97. The van der Waals surface area contributed by atoms with Crippen LogP contribution >= 0.6 is 0 Å². The first-order valence-corrected chi connectivity index (χ1v) is 12.2.